The van der Waals surface area contributed by atoms with Crippen LogP contribution in [0.15, 0.2) is 122 Å². The Bertz CT molecular complexity index is 1600. The maximum Gasteiger partial charge on any atom is 0.306 e. The van der Waals surface area contributed by atoms with Gasteiger partial charge in [-0.3, -0.25) is 14.4 Å². The van der Waals surface area contributed by atoms with Crippen LogP contribution in [0, 0.1) is 0 Å². The van der Waals surface area contributed by atoms with Crippen molar-refractivity contribution in [1.82, 2.24) is 0 Å². The summed E-state index contributed by atoms with van der Waals surface area (Å²) in [4.78, 5) is 38.3. The van der Waals surface area contributed by atoms with E-state index < -0.39 is 6.10 Å². The number of ether oxygens (including phenoxy) is 3. The first kappa shape index (κ1) is 72.8. The molecule has 0 aliphatic carbocycles. The lowest BCUT2D eigenvalue weighted by Crippen LogP contribution is -2.30. The second kappa shape index (κ2) is 64.3. The molecule has 0 aliphatic heterocycles. The van der Waals surface area contributed by atoms with Crippen molar-refractivity contribution in [1.29, 1.82) is 0 Å². The summed E-state index contributed by atoms with van der Waals surface area (Å²) in [5.41, 5.74) is 0. The van der Waals surface area contributed by atoms with Gasteiger partial charge < -0.3 is 14.2 Å². The summed E-state index contributed by atoms with van der Waals surface area (Å²) in [5.74, 6) is -1.03. The summed E-state index contributed by atoms with van der Waals surface area (Å²) in [6.07, 6.45) is 89.2. The molecule has 0 aliphatic rings. The average molecular weight is 1070 g/mol. The molecule has 0 saturated carbocycles. The number of hydrogen-bond acceptors (Lipinski definition) is 6. The van der Waals surface area contributed by atoms with Crippen LogP contribution >= 0.6 is 0 Å². The molecule has 0 amide bonds. The Hall–Kier alpha value is -4.19. The van der Waals surface area contributed by atoms with Crippen LogP contribution < -0.4 is 0 Å². The summed E-state index contributed by atoms with van der Waals surface area (Å²) >= 11 is 0. The zero-order valence-electron chi connectivity index (χ0n) is 50.2. The summed E-state index contributed by atoms with van der Waals surface area (Å²) in [5, 5.41) is 0. The monoisotopic (exact) mass is 1070 g/mol. The van der Waals surface area contributed by atoms with Crippen LogP contribution in [0.4, 0.5) is 0 Å². The van der Waals surface area contributed by atoms with E-state index in [-0.39, 0.29) is 37.5 Å². The molecule has 6 nitrogen and oxygen atoms in total. The number of esters is 3. The van der Waals surface area contributed by atoms with Crippen LogP contribution in [-0.2, 0) is 28.6 Å². The second-order valence-electron chi connectivity index (χ2n) is 21.0. The molecule has 0 rings (SSSR count). The smallest absolute Gasteiger partial charge is 0.306 e. The maximum absolute atomic E-state index is 12.9. The maximum atomic E-state index is 12.9. The van der Waals surface area contributed by atoms with Gasteiger partial charge in [-0.1, -0.05) is 264 Å². The van der Waals surface area contributed by atoms with E-state index >= 15 is 0 Å². The Kier molecular flexibility index (Phi) is 60.8. The Morgan fingerprint density at radius 2 is 0.494 bits per heavy atom. The summed E-state index contributed by atoms with van der Waals surface area (Å²) in [6.45, 7) is 6.50. The van der Waals surface area contributed by atoms with E-state index in [2.05, 4.69) is 136 Å². The van der Waals surface area contributed by atoms with Crippen molar-refractivity contribution in [2.45, 2.75) is 297 Å². The predicted octanol–water partition coefficient (Wildman–Crippen LogP) is 22.0. The first-order valence-corrected chi connectivity index (χ1v) is 32.0. The van der Waals surface area contributed by atoms with Crippen LogP contribution in [0.25, 0.3) is 0 Å². The van der Waals surface area contributed by atoms with Crippen LogP contribution in [-0.4, -0.2) is 37.2 Å². The van der Waals surface area contributed by atoms with Gasteiger partial charge in [0, 0.05) is 19.3 Å². The molecule has 1 atom stereocenters. The number of carbonyl (C=O) groups excluding carboxylic acids is 3. The van der Waals surface area contributed by atoms with Crippen LogP contribution in [0.2, 0.25) is 0 Å². The van der Waals surface area contributed by atoms with Gasteiger partial charge in [0.15, 0.2) is 6.10 Å². The van der Waals surface area contributed by atoms with Crippen molar-refractivity contribution >= 4 is 17.9 Å². The highest BCUT2D eigenvalue weighted by Gasteiger charge is 2.19. The Labute approximate surface area is 475 Å². The third-order valence-corrected chi connectivity index (χ3v) is 13.4. The lowest BCUT2D eigenvalue weighted by atomic mass is 10.0. The van der Waals surface area contributed by atoms with Gasteiger partial charge in [-0.2, -0.15) is 0 Å². The lowest BCUT2D eigenvalue weighted by Gasteiger charge is -2.18. The van der Waals surface area contributed by atoms with E-state index in [0.717, 1.165) is 89.9 Å². The van der Waals surface area contributed by atoms with Crippen molar-refractivity contribution in [2.24, 2.45) is 0 Å². The van der Waals surface area contributed by atoms with Crippen molar-refractivity contribution in [3.8, 4) is 0 Å². The molecule has 0 bridgehead atoms. The van der Waals surface area contributed by atoms with Gasteiger partial charge in [-0.05, 0) is 128 Å². The third kappa shape index (κ3) is 62.5. The zero-order valence-corrected chi connectivity index (χ0v) is 50.2. The Morgan fingerprint density at radius 1 is 0.260 bits per heavy atom. The number of carbonyl (C=O) groups is 3. The average Bonchev–Trinajstić information content (AvgIpc) is 3.43. The molecule has 0 aromatic carbocycles. The van der Waals surface area contributed by atoms with Gasteiger partial charge in [0.2, 0.25) is 0 Å². The molecule has 6 heteroatoms. The highest BCUT2D eigenvalue weighted by molar-refractivity contribution is 5.71. The largest absolute Gasteiger partial charge is 0.462 e. The molecule has 0 saturated heterocycles. The van der Waals surface area contributed by atoms with Crippen molar-refractivity contribution < 1.29 is 28.6 Å². The van der Waals surface area contributed by atoms with Crippen LogP contribution in [0.3, 0.4) is 0 Å². The first-order valence-electron chi connectivity index (χ1n) is 32.0. The van der Waals surface area contributed by atoms with E-state index in [1.54, 1.807) is 0 Å². The molecular formula is C71H118O6. The van der Waals surface area contributed by atoms with Gasteiger partial charge in [0.25, 0.3) is 0 Å². The van der Waals surface area contributed by atoms with Gasteiger partial charge in [-0.25, -0.2) is 0 Å². The summed E-state index contributed by atoms with van der Waals surface area (Å²) in [6, 6.07) is 0. The fourth-order valence-corrected chi connectivity index (χ4v) is 8.58. The normalized spacial score (nSPS) is 12.9. The molecule has 0 N–H and O–H groups in total. The second-order valence-corrected chi connectivity index (χ2v) is 21.0. The third-order valence-electron chi connectivity index (χ3n) is 13.4. The Balaban J connectivity index is 4.54. The summed E-state index contributed by atoms with van der Waals surface area (Å²) < 4.78 is 16.8. The lowest BCUT2D eigenvalue weighted by molar-refractivity contribution is -0.166. The van der Waals surface area contributed by atoms with Gasteiger partial charge >= 0.3 is 17.9 Å². The SMILES string of the molecule is CCCCC/C=C\C/C=C\C/C=C\C/C=C\C/C=C\CCC(=O)OC[C@H](COC(=O)CCCCC/C=C\C/C=C\C/C=C\C/C=C\CCCCC)OC(=O)CCCCCCCCCCCCC/C=C\CCCCCCCC. The molecule has 0 aromatic heterocycles. The van der Waals surface area contributed by atoms with Gasteiger partial charge in [0.1, 0.15) is 13.2 Å². The highest BCUT2D eigenvalue weighted by atomic mass is 16.6. The van der Waals surface area contributed by atoms with E-state index in [9.17, 15) is 14.4 Å². The zero-order chi connectivity index (χ0) is 55.7. The number of rotatable bonds is 57. The van der Waals surface area contributed by atoms with Crippen LogP contribution in [0.1, 0.15) is 290 Å². The molecule has 0 fully saturated rings. The van der Waals surface area contributed by atoms with Crippen molar-refractivity contribution in [3.63, 3.8) is 0 Å². The fourth-order valence-electron chi connectivity index (χ4n) is 8.58. The van der Waals surface area contributed by atoms with E-state index in [1.807, 2.05) is 6.08 Å². The van der Waals surface area contributed by atoms with E-state index in [0.29, 0.717) is 19.3 Å². The minimum Gasteiger partial charge on any atom is -0.462 e. The quantitative estimate of drug-likeness (QED) is 0.0261. The summed E-state index contributed by atoms with van der Waals surface area (Å²) in [7, 11) is 0. The van der Waals surface area contributed by atoms with Crippen LogP contribution in [0.5, 0.6) is 0 Å². The number of allylic oxidation sites excluding steroid dienone is 20. The number of unbranched alkanes of at least 4 members (excludes halogenated alkanes) is 26. The molecular weight excluding hydrogens is 949 g/mol. The minimum atomic E-state index is -0.827. The molecule has 0 radical (unpaired) electrons. The highest BCUT2D eigenvalue weighted by Crippen LogP contribution is 2.15. The topological polar surface area (TPSA) is 78.9 Å². The Morgan fingerprint density at radius 3 is 0.857 bits per heavy atom. The number of hydrogen-bond donors (Lipinski definition) is 0. The molecule has 0 spiro atoms. The van der Waals surface area contributed by atoms with Crippen molar-refractivity contribution in [3.05, 3.63) is 122 Å². The molecule has 0 unspecified atom stereocenters. The predicted molar refractivity (Wildman–Crippen MR) is 334 cm³/mol. The van der Waals surface area contributed by atoms with Gasteiger partial charge in [-0.15, -0.1) is 0 Å². The molecule has 438 valence electrons. The minimum absolute atomic E-state index is 0.120. The van der Waals surface area contributed by atoms with E-state index in [1.165, 1.54) is 154 Å². The fraction of sp³-hybridized carbons (Fsp3) is 0.676. The van der Waals surface area contributed by atoms with E-state index in [4.69, 9.17) is 14.2 Å². The molecule has 0 heterocycles. The van der Waals surface area contributed by atoms with Gasteiger partial charge in [0.05, 0.1) is 0 Å². The molecule has 0 aromatic rings. The molecule has 77 heavy (non-hydrogen) atoms. The first-order chi connectivity index (χ1) is 38.0. The standard InChI is InChI=1S/C71H118O6/c1-4-7-10-13-16-19-22-25-28-31-34-35-38-41-44-47-50-53-56-59-62-65-71(74)77-68(66-75-69(72)63-60-57-54-51-48-45-42-39-36-32-29-26-23-20-17-14-11-8-5-2)67-76-70(73)64-61-58-55-52-49-46-43-40-37-33-30-27-24-21-18-15-12-9-6-3/h17-18,20-21,25-30,36-37,39-40,45-46,48-49,54,57,68H,4-16,19,22-24,31-35,38,41-44,47,50-53,55-56,58-67H2,1-3H3/b20-17-,21-18-,28-25-,29-26-,30-27-,39-36-,40-37-,48-45-,49-46-,57-54-/t68-/m1/s1. The van der Waals surface area contributed by atoms with Crippen molar-refractivity contribution in [2.75, 3.05) is 13.2 Å².